The number of nitrogens with one attached hydrogen (secondary N) is 1. The van der Waals surface area contributed by atoms with E-state index in [-0.39, 0.29) is 0 Å². The maximum Gasteiger partial charge on any atom is 0.140 e. The maximum absolute atomic E-state index is 4.28. The van der Waals surface area contributed by atoms with Gasteiger partial charge in [-0.05, 0) is 13.3 Å². The molecule has 2 heterocycles. The van der Waals surface area contributed by atoms with Crippen LogP contribution < -0.4 is 5.32 Å². The Morgan fingerprint density at radius 1 is 1.56 bits per heavy atom. The van der Waals surface area contributed by atoms with Gasteiger partial charge in [0.15, 0.2) is 0 Å². The number of hydrogen-bond donors (Lipinski definition) is 1. The van der Waals surface area contributed by atoms with Crippen LogP contribution in [0.2, 0.25) is 0 Å². The maximum atomic E-state index is 4.28. The highest BCUT2D eigenvalue weighted by Crippen LogP contribution is 2.11. The smallest absolute Gasteiger partial charge is 0.140 e. The van der Waals surface area contributed by atoms with Crippen LogP contribution in [0.1, 0.15) is 26.1 Å². The van der Waals surface area contributed by atoms with Gasteiger partial charge in [0, 0.05) is 32.2 Å². The summed E-state index contributed by atoms with van der Waals surface area (Å²) in [6, 6.07) is 1.18. The molecule has 1 saturated heterocycles. The summed E-state index contributed by atoms with van der Waals surface area (Å²) in [7, 11) is 1.95. The van der Waals surface area contributed by atoms with Crippen LogP contribution in [0.25, 0.3) is 0 Å². The first-order valence-electron chi connectivity index (χ1n) is 6.01. The van der Waals surface area contributed by atoms with Gasteiger partial charge in [-0.3, -0.25) is 9.58 Å². The molecule has 5 nitrogen and oxygen atoms in total. The number of rotatable bonds is 3. The van der Waals surface area contributed by atoms with Crippen LogP contribution in [0.3, 0.4) is 0 Å². The third kappa shape index (κ3) is 2.41. The summed E-state index contributed by atoms with van der Waals surface area (Å²) in [6.07, 6.45) is 2.81. The van der Waals surface area contributed by atoms with Crippen molar-refractivity contribution in [2.24, 2.45) is 7.05 Å². The molecular weight excluding hydrogens is 202 g/mol. The fraction of sp³-hybridized carbons (Fsp3) is 0.818. The molecule has 2 atom stereocenters. The molecule has 5 heteroatoms. The molecule has 0 aromatic carbocycles. The van der Waals surface area contributed by atoms with Gasteiger partial charge in [0.2, 0.25) is 0 Å². The fourth-order valence-corrected chi connectivity index (χ4v) is 2.13. The number of aryl methyl sites for hydroxylation is 1. The summed E-state index contributed by atoms with van der Waals surface area (Å²) in [4.78, 5) is 6.77. The molecular formula is C11H21N5. The van der Waals surface area contributed by atoms with Gasteiger partial charge in [0.05, 0.1) is 6.54 Å². The highest BCUT2D eigenvalue weighted by atomic mass is 15.3. The van der Waals surface area contributed by atoms with Gasteiger partial charge in [0.25, 0.3) is 0 Å². The van der Waals surface area contributed by atoms with Crippen molar-refractivity contribution in [3.05, 3.63) is 12.2 Å². The van der Waals surface area contributed by atoms with Crippen molar-refractivity contribution in [2.75, 3.05) is 13.1 Å². The zero-order chi connectivity index (χ0) is 11.5. The Hall–Kier alpha value is -0.940. The lowest BCUT2D eigenvalue weighted by Crippen LogP contribution is -2.54. The average Bonchev–Trinajstić information content (AvgIpc) is 2.68. The molecule has 0 aliphatic carbocycles. The molecule has 1 aliphatic heterocycles. The molecule has 16 heavy (non-hydrogen) atoms. The van der Waals surface area contributed by atoms with Crippen LogP contribution in [0.5, 0.6) is 0 Å². The summed E-state index contributed by atoms with van der Waals surface area (Å²) in [5.41, 5.74) is 0. The van der Waals surface area contributed by atoms with E-state index in [2.05, 4.69) is 34.1 Å². The van der Waals surface area contributed by atoms with Crippen LogP contribution in [0, 0.1) is 0 Å². The number of aromatic nitrogens is 3. The Balaban J connectivity index is 1.99. The Bertz CT molecular complexity index is 335. The third-order valence-corrected chi connectivity index (χ3v) is 3.42. The summed E-state index contributed by atoms with van der Waals surface area (Å²) < 4.78 is 1.86. The van der Waals surface area contributed by atoms with E-state index in [1.54, 1.807) is 6.33 Å². The topological polar surface area (TPSA) is 46.0 Å². The van der Waals surface area contributed by atoms with Crippen LogP contribution in [0.4, 0.5) is 0 Å². The molecule has 2 unspecified atom stereocenters. The molecule has 0 spiro atoms. The summed E-state index contributed by atoms with van der Waals surface area (Å²) in [5.74, 6) is 1.05. The summed E-state index contributed by atoms with van der Waals surface area (Å²) in [5, 5.41) is 7.67. The van der Waals surface area contributed by atoms with E-state index in [4.69, 9.17) is 0 Å². The van der Waals surface area contributed by atoms with Crippen molar-refractivity contribution in [1.29, 1.82) is 0 Å². The second-order valence-corrected chi connectivity index (χ2v) is 4.59. The SMILES string of the molecule is CCC1CN(Cc2ncnn2C)C(C)CN1. The van der Waals surface area contributed by atoms with Gasteiger partial charge in [-0.1, -0.05) is 6.92 Å². The van der Waals surface area contributed by atoms with Crippen molar-refractivity contribution < 1.29 is 0 Å². The van der Waals surface area contributed by atoms with Crippen LogP contribution in [0.15, 0.2) is 6.33 Å². The van der Waals surface area contributed by atoms with Gasteiger partial charge >= 0.3 is 0 Å². The fourth-order valence-electron chi connectivity index (χ4n) is 2.13. The Morgan fingerprint density at radius 2 is 2.38 bits per heavy atom. The van der Waals surface area contributed by atoms with Crippen molar-refractivity contribution in [3.8, 4) is 0 Å². The van der Waals surface area contributed by atoms with Crippen LogP contribution >= 0.6 is 0 Å². The molecule has 1 aliphatic rings. The molecule has 2 rings (SSSR count). The third-order valence-electron chi connectivity index (χ3n) is 3.42. The van der Waals surface area contributed by atoms with E-state index < -0.39 is 0 Å². The zero-order valence-corrected chi connectivity index (χ0v) is 10.3. The largest absolute Gasteiger partial charge is 0.311 e. The van der Waals surface area contributed by atoms with Crippen molar-refractivity contribution >= 4 is 0 Å². The van der Waals surface area contributed by atoms with Gasteiger partial charge in [-0.15, -0.1) is 0 Å². The quantitative estimate of drug-likeness (QED) is 0.805. The molecule has 0 saturated carbocycles. The van der Waals surface area contributed by atoms with E-state index in [1.807, 2.05) is 11.7 Å². The first kappa shape index (κ1) is 11.5. The average molecular weight is 223 g/mol. The van der Waals surface area contributed by atoms with E-state index in [1.165, 1.54) is 6.42 Å². The standard InChI is InChI=1S/C11H21N5/c1-4-10-6-16(9(2)5-12-10)7-11-13-8-14-15(11)3/h8-10,12H,4-7H2,1-3H3. The van der Waals surface area contributed by atoms with Gasteiger partial charge in [-0.25, -0.2) is 4.98 Å². The molecule has 1 aromatic heterocycles. The number of piperazine rings is 1. The number of hydrogen-bond acceptors (Lipinski definition) is 4. The molecule has 0 amide bonds. The van der Waals surface area contributed by atoms with Crippen molar-refractivity contribution in [1.82, 2.24) is 25.0 Å². The lowest BCUT2D eigenvalue weighted by molar-refractivity contribution is 0.127. The molecule has 1 aromatic rings. The minimum atomic E-state index is 0.569. The van der Waals surface area contributed by atoms with E-state index in [0.717, 1.165) is 25.5 Å². The van der Waals surface area contributed by atoms with Crippen molar-refractivity contribution in [3.63, 3.8) is 0 Å². The van der Waals surface area contributed by atoms with Gasteiger partial charge < -0.3 is 5.32 Å². The molecule has 0 radical (unpaired) electrons. The first-order valence-corrected chi connectivity index (χ1v) is 6.01. The van der Waals surface area contributed by atoms with Gasteiger partial charge in [-0.2, -0.15) is 5.10 Å². The normalized spacial score (nSPS) is 27.2. The van der Waals surface area contributed by atoms with Crippen molar-refractivity contribution in [2.45, 2.75) is 38.9 Å². The van der Waals surface area contributed by atoms with Crippen LogP contribution in [-0.2, 0) is 13.6 Å². The number of nitrogens with zero attached hydrogens (tertiary/aromatic N) is 4. The minimum Gasteiger partial charge on any atom is -0.311 e. The summed E-state index contributed by atoms with van der Waals surface area (Å²) in [6.45, 7) is 7.56. The Kier molecular flexibility index (Phi) is 3.56. The molecule has 0 bridgehead atoms. The molecule has 90 valence electrons. The lowest BCUT2D eigenvalue weighted by Gasteiger charge is -2.38. The first-order chi connectivity index (χ1) is 7.70. The minimum absolute atomic E-state index is 0.569. The highest BCUT2D eigenvalue weighted by Gasteiger charge is 2.24. The Morgan fingerprint density at radius 3 is 3.00 bits per heavy atom. The van der Waals surface area contributed by atoms with Gasteiger partial charge in [0.1, 0.15) is 12.2 Å². The summed E-state index contributed by atoms with van der Waals surface area (Å²) >= 11 is 0. The Labute approximate surface area is 96.8 Å². The van der Waals surface area contributed by atoms with E-state index in [0.29, 0.717) is 12.1 Å². The second-order valence-electron chi connectivity index (χ2n) is 4.59. The zero-order valence-electron chi connectivity index (χ0n) is 10.3. The molecule has 1 fully saturated rings. The highest BCUT2D eigenvalue weighted by molar-refractivity contribution is 4.89. The second kappa shape index (κ2) is 4.93. The molecule has 1 N–H and O–H groups in total. The predicted octanol–water partition coefficient (Wildman–Crippen LogP) is 0.387. The lowest BCUT2D eigenvalue weighted by atomic mass is 10.1. The van der Waals surface area contributed by atoms with E-state index >= 15 is 0 Å². The predicted molar refractivity (Wildman–Crippen MR) is 63.0 cm³/mol. The van der Waals surface area contributed by atoms with E-state index in [9.17, 15) is 0 Å². The monoisotopic (exact) mass is 223 g/mol. The van der Waals surface area contributed by atoms with Crippen LogP contribution in [-0.4, -0.2) is 44.8 Å².